The molecule has 3 heterocycles. The molecular formula is C21H25N3O3S. The first kappa shape index (κ1) is 18.8. The predicted molar refractivity (Wildman–Crippen MR) is 110 cm³/mol. The molecule has 1 unspecified atom stereocenters. The molecule has 7 heteroatoms. The number of hydrogen-bond donors (Lipinski definition) is 0. The fraction of sp³-hybridized carbons (Fsp3) is 0.429. The summed E-state index contributed by atoms with van der Waals surface area (Å²) in [4.78, 5) is 20.4. The SMILES string of the molecule is COc1ccc(OC)c(-c2cn3c(CC(=O)N4CCCC(C)C4)csc3n2)c1. The van der Waals surface area contributed by atoms with Crippen LogP contribution in [-0.2, 0) is 11.2 Å². The second-order valence-corrected chi connectivity index (χ2v) is 8.17. The van der Waals surface area contributed by atoms with Crippen LogP contribution in [0.15, 0.2) is 29.8 Å². The van der Waals surface area contributed by atoms with E-state index in [0.29, 0.717) is 12.3 Å². The Bertz CT molecular complexity index is 994. The smallest absolute Gasteiger partial charge is 0.228 e. The van der Waals surface area contributed by atoms with Gasteiger partial charge in [-0.2, -0.15) is 0 Å². The zero-order valence-electron chi connectivity index (χ0n) is 16.5. The Kier molecular flexibility index (Phi) is 5.26. The summed E-state index contributed by atoms with van der Waals surface area (Å²) in [5.74, 6) is 2.27. The van der Waals surface area contributed by atoms with E-state index < -0.39 is 0 Å². The largest absolute Gasteiger partial charge is 0.497 e. The molecule has 1 aliphatic heterocycles. The lowest BCUT2D eigenvalue weighted by molar-refractivity contribution is -0.132. The van der Waals surface area contributed by atoms with E-state index in [9.17, 15) is 4.79 Å². The molecule has 1 fully saturated rings. The van der Waals surface area contributed by atoms with Crippen molar-refractivity contribution in [3.63, 3.8) is 0 Å². The Morgan fingerprint density at radius 2 is 2.18 bits per heavy atom. The fourth-order valence-corrected chi connectivity index (χ4v) is 4.66. The normalized spacial score (nSPS) is 17.1. The molecule has 0 radical (unpaired) electrons. The minimum atomic E-state index is 0.195. The summed E-state index contributed by atoms with van der Waals surface area (Å²) in [7, 11) is 3.29. The molecule has 1 atom stereocenters. The van der Waals surface area contributed by atoms with Gasteiger partial charge in [0, 0.05) is 35.9 Å². The third kappa shape index (κ3) is 3.58. The van der Waals surface area contributed by atoms with Crippen LogP contribution in [0.3, 0.4) is 0 Å². The van der Waals surface area contributed by atoms with E-state index >= 15 is 0 Å². The first-order valence-electron chi connectivity index (χ1n) is 9.54. The molecule has 148 valence electrons. The molecule has 0 aliphatic carbocycles. The third-order valence-corrected chi connectivity index (χ3v) is 6.20. The number of ether oxygens (including phenoxy) is 2. The van der Waals surface area contributed by atoms with Gasteiger partial charge in [-0.05, 0) is 37.0 Å². The van der Waals surface area contributed by atoms with Crippen molar-refractivity contribution in [2.75, 3.05) is 27.3 Å². The summed E-state index contributed by atoms with van der Waals surface area (Å²) in [5.41, 5.74) is 2.66. The fourth-order valence-electron chi connectivity index (χ4n) is 3.78. The lowest BCUT2D eigenvalue weighted by atomic mass is 10.00. The van der Waals surface area contributed by atoms with Crippen LogP contribution in [0, 0.1) is 5.92 Å². The highest BCUT2D eigenvalue weighted by molar-refractivity contribution is 7.15. The van der Waals surface area contributed by atoms with Gasteiger partial charge in [-0.1, -0.05) is 6.92 Å². The van der Waals surface area contributed by atoms with Gasteiger partial charge in [0.25, 0.3) is 0 Å². The minimum absolute atomic E-state index is 0.195. The Balaban J connectivity index is 1.62. The number of methoxy groups -OCH3 is 2. The molecule has 1 saturated heterocycles. The van der Waals surface area contributed by atoms with E-state index in [4.69, 9.17) is 14.5 Å². The minimum Gasteiger partial charge on any atom is -0.497 e. The molecule has 3 aromatic rings. The molecule has 28 heavy (non-hydrogen) atoms. The zero-order valence-corrected chi connectivity index (χ0v) is 17.3. The molecule has 2 aromatic heterocycles. The van der Waals surface area contributed by atoms with Crippen LogP contribution in [0.2, 0.25) is 0 Å². The highest BCUT2D eigenvalue weighted by Gasteiger charge is 2.22. The third-order valence-electron chi connectivity index (χ3n) is 5.31. The highest BCUT2D eigenvalue weighted by atomic mass is 32.1. The van der Waals surface area contributed by atoms with Crippen LogP contribution in [0.5, 0.6) is 11.5 Å². The van der Waals surface area contributed by atoms with Gasteiger partial charge in [-0.15, -0.1) is 11.3 Å². The van der Waals surface area contributed by atoms with E-state index in [-0.39, 0.29) is 5.91 Å². The number of benzene rings is 1. The Labute approximate surface area is 168 Å². The number of imidazole rings is 1. The molecule has 0 bridgehead atoms. The summed E-state index contributed by atoms with van der Waals surface area (Å²) >= 11 is 1.55. The van der Waals surface area contributed by atoms with Gasteiger partial charge < -0.3 is 14.4 Å². The Morgan fingerprint density at radius 1 is 1.32 bits per heavy atom. The van der Waals surface area contributed by atoms with Gasteiger partial charge in [-0.25, -0.2) is 4.98 Å². The van der Waals surface area contributed by atoms with Gasteiger partial charge in [0.1, 0.15) is 11.5 Å². The summed E-state index contributed by atoms with van der Waals surface area (Å²) in [5, 5.41) is 2.03. The summed E-state index contributed by atoms with van der Waals surface area (Å²) < 4.78 is 12.9. The number of piperidine rings is 1. The zero-order chi connectivity index (χ0) is 19.7. The average Bonchev–Trinajstić information content (AvgIpc) is 3.29. The van der Waals surface area contributed by atoms with Crippen molar-refractivity contribution in [3.8, 4) is 22.8 Å². The standard InChI is InChI=1S/C21H25N3O3S/c1-14-5-4-8-23(11-14)20(25)9-15-13-28-21-22-18(12-24(15)21)17-10-16(26-2)6-7-19(17)27-3/h6-7,10,12-14H,4-5,8-9,11H2,1-3H3. The number of rotatable bonds is 5. The molecule has 0 saturated carbocycles. The summed E-state index contributed by atoms with van der Waals surface area (Å²) in [6.45, 7) is 3.95. The van der Waals surface area contributed by atoms with E-state index in [2.05, 4.69) is 6.92 Å². The maximum absolute atomic E-state index is 12.8. The monoisotopic (exact) mass is 399 g/mol. The van der Waals surface area contributed by atoms with Crippen LogP contribution in [0.1, 0.15) is 25.5 Å². The van der Waals surface area contributed by atoms with E-state index in [1.807, 2.05) is 39.1 Å². The molecular weight excluding hydrogens is 374 g/mol. The number of fused-ring (bicyclic) bond motifs is 1. The number of carbonyl (C=O) groups excluding carboxylic acids is 1. The van der Waals surface area contributed by atoms with Crippen molar-refractivity contribution in [3.05, 3.63) is 35.5 Å². The molecule has 1 amide bonds. The van der Waals surface area contributed by atoms with Crippen molar-refractivity contribution < 1.29 is 14.3 Å². The number of aromatic nitrogens is 2. The second kappa shape index (κ2) is 7.83. The summed E-state index contributed by atoms with van der Waals surface area (Å²) in [6.07, 6.45) is 4.68. The van der Waals surface area contributed by atoms with Crippen molar-refractivity contribution in [2.24, 2.45) is 5.92 Å². The van der Waals surface area contributed by atoms with Crippen LogP contribution in [0.4, 0.5) is 0 Å². The van der Waals surface area contributed by atoms with Crippen LogP contribution in [0.25, 0.3) is 16.2 Å². The topological polar surface area (TPSA) is 56.1 Å². The van der Waals surface area contributed by atoms with Crippen molar-refractivity contribution in [2.45, 2.75) is 26.2 Å². The highest BCUT2D eigenvalue weighted by Crippen LogP contribution is 2.34. The first-order valence-corrected chi connectivity index (χ1v) is 10.4. The van der Waals surface area contributed by atoms with Crippen LogP contribution >= 0.6 is 11.3 Å². The lowest BCUT2D eigenvalue weighted by Gasteiger charge is -2.30. The molecule has 6 nitrogen and oxygen atoms in total. The Hall–Kier alpha value is -2.54. The lowest BCUT2D eigenvalue weighted by Crippen LogP contribution is -2.40. The van der Waals surface area contributed by atoms with Gasteiger partial charge in [0.2, 0.25) is 5.91 Å². The number of amides is 1. The molecule has 0 N–H and O–H groups in total. The van der Waals surface area contributed by atoms with E-state index in [1.165, 1.54) is 6.42 Å². The quantitative estimate of drug-likeness (QED) is 0.653. The molecule has 1 aliphatic rings. The maximum Gasteiger partial charge on any atom is 0.228 e. The number of nitrogens with zero attached hydrogens (tertiary/aromatic N) is 3. The van der Waals surface area contributed by atoms with Crippen LogP contribution in [-0.4, -0.2) is 47.5 Å². The van der Waals surface area contributed by atoms with Gasteiger partial charge in [-0.3, -0.25) is 9.20 Å². The summed E-state index contributed by atoms with van der Waals surface area (Å²) in [6, 6.07) is 5.67. The Morgan fingerprint density at radius 3 is 2.93 bits per heavy atom. The van der Waals surface area contributed by atoms with E-state index in [0.717, 1.165) is 52.9 Å². The number of hydrogen-bond acceptors (Lipinski definition) is 5. The maximum atomic E-state index is 12.8. The molecule has 4 rings (SSSR count). The van der Waals surface area contributed by atoms with Gasteiger partial charge in [0.05, 0.1) is 26.3 Å². The molecule has 1 aromatic carbocycles. The number of carbonyl (C=O) groups is 1. The second-order valence-electron chi connectivity index (χ2n) is 7.34. The number of thiazole rings is 1. The van der Waals surface area contributed by atoms with Crippen molar-refractivity contribution in [1.29, 1.82) is 0 Å². The molecule has 0 spiro atoms. The van der Waals surface area contributed by atoms with Gasteiger partial charge in [0.15, 0.2) is 4.96 Å². The van der Waals surface area contributed by atoms with E-state index in [1.54, 1.807) is 25.6 Å². The average molecular weight is 400 g/mol. The van der Waals surface area contributed by atoms with Crippen molar-refractivity contribution in [1.82, 2.24) is 14.3 Å². The van der Waals surface area contributed by atoms with Crippen LogP contribution < -0.4 is 9.47 Å². The van der Waals surface area contributed by atoms with Gasteiger partial charge >= 0.3 is 0 Å². The van der Waals surface area contributed by atoms with Crippen molar-refractivity contribution >= 4 is 22.2 Å². The number of likely N-dealkylation sites (tertiary alicyclic amines) is 1. The first-order chi connectivity index (χ1) is 13.6. The predicted octanol–water partition coefficient (Wildman–Crippen LogP) is 3.88.